The van der Waals surface area contributed by atoms with E-state index in [1.54, 1.807) is 0 Å². The lowest BCUT2D eigenvalue weighted by molar-refractivity contribution is 0.305. The van der Waals surface area contributed by atoms with Gasteiger partial charge in [0.05, 0.1) is 17.5 Å². The van der Waals surface area contributed by atoms with Crippen LogP contribution in [-0.2, 0) is 13.0 Å². The van der Waals surface area contributed by atoms with Crippen molar-refractivity contribution in [2.75, 3.05) is 0 Å². The summed E-state index contributed by atoms with van der Waals surface area (Å²) in [5.74, 6) is 0.0251. The highest BCUT2D eigenvalue weighted by molar-refractivity contribution is 6.30. The van der Waals surface area contributed by atoms with Crippen molar-refractivity contribution in [2.24, 2.45) is 0 Å². The molecular weight excluding hydrogens is 265 g/mol. The monoisotopic (exact) mass is 275 g/mol. The third-order valence-electron chi connectivity index (χ3n) is 2.67. The first-order valence-electron chi connectivity index (χ1n) is 5.72. The Labute approximate surface area is 116 Å². The highest BCUT2D eigenvalue weighted by Crippen LogP contribution is 2.22. The summed E-state index contributed by atoms with van der Waals surface area (Å²) < 4.78 is 18.6. The highest BCUT2D eigenvalue weighted by atomic mass is 35.5. The summed E-state index contributed by atoms with van der Waals surface area (Å²) in [5.41, 5.74) is 1.86. The van der Waals surface area contributed by atoms with Crippen molar-refractivity contribution in [1.82, 2.24) is 0 Å². The molecule has 4 heteroatoms. The molecule has 0 unspecified atom stereocenters. The van der Waals surface area contributed by atoms with E-state index in [-0.39, 0.29) is 5.02 Å². The van der Waals surface area contributed by atoms with E-state index in [4.69, 9.17) is 21.6 Å². The molecule has 0 amide bonds. The third-order valence-corrected chi connectivity index (χ3v) is 2.96. The fourth-order valence-electron chi connectivity index (χ4n) is 1.68. The zero-order chi connectivity index (χ0) is 13.7. The molecule has 2 aromatic rings. The first-order valence-corrected chi connectivity index (χ1v) is 6.10. The van der Waals surface area contributed by atoms with E-state index in [1.165, 1.54) is 18.2 Å². The van der Waals surface area contributed by atoms with E-state index in [1.807, 2.05) is 24.3 Å². The minimum atomic E-state index is -0.473. The summed E-state index contributed by atoms with van der Waals surface area (Å²) in [6.07, 6.45) is 0.337. The SMILES string of the molecule is N#CCc1ccccc1COc1ccc(F)c(Cl)c1. The maximum atomic E-state index is 13.0. The Morgan fingerprint density at radius 2 is 1.89 bits per heavy atom. The van der Waals surface area contributed by atoms with Gasteiger partial charge in [0.15, 0.2) is 0 Å². The number of hydrogen-bond donors (Lipinski definition) is 0. The molecule has 2 rings (SSSR count). The maximum absolute atomic E-state index is 13.0. The second-order valence-corrected chi connectivity index (χ2v) is 4.38. The van der Waals surface area contributed by atoms with Gasteiger partial charge in [-0.2, -0.15) is 5.26 Å². The van der Waals surface area contributed by atoms with Crippen LogP contribution in [0.25, 0.3) is 0 Å². The second-order valence-electron chi connectivity index (χ2n) is 3.97. The first-order chi connectivity index (χ1) is 9.20. The fraction of sp³-hybridized carbons (Fsp3) is 0.133. The van der Waals surface area contributed by atoms with Crippen molar-refractivity contribution >= 4 is 11.6 Å². The molecule has 19 heavy (non-hydrogen) atoms. The van der Waals surface area contributed by atoms with Crippen LogP contribution >= 0.6 is 11.6 Å². The Kier molecular flexibility index (Phi) is 4.38. The number of nitrogens with zero attached hydrogens (tertiary/aromatic N) is 1. The molecule has 0 aliphatic carbocycles. The molecule has 2 nitrogen and oxygen atoms in total. The fourth-order valence-corrected chi connectivity index (χ4v) is 1.85. The minimum Gasteiger partial charge on any atom is -0.489 e. The van der Waals surface area contributed by atoms with Gasteiger partial charge in [-0.3, -0.25) is 0 Å². The summed E-state index contributed by atoms with van der Waals surface area (Å²) in [7, 11) is 0. The Hall–Kier alpha value is -2.05. The lowest BCUT2D eigenvalue weighted by Crippen LogP contribution is -2.00. The lowest BCUT2D eigenvalue weighted by atomic mass is 10.1. The van der Waals surface area contributed by atoms with Gasteiger partial charge in [0.25, 0.3) is 0 Å². The molecule has 0 heterocycles. The number of ether oxygens (including phenoxy) is 1. The Bertz CT molecular complexity index is 622. The van der Waals surface area contributed by atoms with Gasteiger partial charge in [-0.25, -0.2) is 4.39 Å². The standard InChI is InChI=1S/C15H11ClFNO/c16-14-9-13(5-6-15(14)17)19-10-12-4-2-1-3-11(12)7-8-18/h1-6,9H,7,10H2. The molecule has 0 radical (unpaired) electrons. The number of halogens is 2. The van der Waals surface area contributed by atoms with Gasteiger partial charge in [-0.1, -0.05) is 35.9 Å². The zero-order valence-electron chi connectivity index (χ0n) is 10.1. The molecule has 0 spiro atoms. The highest BCUT2D eigenvalue weighted by Gasteiger charge is 2.04. The van der Waals surface area contributed by atoms with Gasteiger partial charge < -0.3 is 4.74 Å². The van der Waals surface area contributed by atoms with E-state index in [9.17, 15) is 4.39 Å². The van der Waals surface area contributed by atoms with Crippen molar-refractivity contribution in [3.05, 3.63) is 64.4 Å². The molecule has 0 saturated carbocycles. The number of benzene rings is 2. The first kappa shape index (κ1) is 13.4. The van der Waals surface area contributed by atoms with Gasteiger partial charge in [-0.15, -0.1) is 0 Å². The summed E-state index contributed by atoms with van der Waals surface area (Å²) >= 11 is 5.68. The summed E-state index contributed by atoms with van der Waals surface area (Å²) in [6, 6.07) is 13.9. The smallest absolute Gasteiger partial charge is 0.142 e. The van der Waals surface area contributed by atoms with Crippen molar-refractivity contribution in [1.29, 1.82) is 5.26 Å². The molecule has 0 bridgehead atoms. The average molecular weight is 276 g/mol. The molecule has 0 atom stereocenters. The van der Waals surface area contributed by atoms with Crippen LogP contribution in [0.4, 0.5) is 4.39 Å². The third kappa shape index (κ3) is 3.46. The van der Waals surface area contributed by atoms with Crippen LogP contribution in [0, 0.1) is 17.1 Å². The molecule has 2 aromatic carbocycles. The predicted molar refractivity (Wildman–Crippen MR) is 71.5 cm³/mol. The summed E-state index contributed by atoms with van der Waals surface area (Å²) in [5, 5.41) is 8.78. The molecule has 0 saturated heterocycles. The topological polar surface area (TPSA) is 33.0 Å². The van der Waals surface area contributed by atoms with Gasteiger partial charge in [-0.05, 0) is 23.3 Å². The zero-order valence-corrected chi connectivity index (χ0v) is 10.8. The quantitative estimate of drug-likeness (QED) is 0.841. The average Bonchev–Trinajstić information content (AvgIpc) is 2.42. The van der Waals surface area contributed by atoms with Crippen molar-refractivity contribution in [2.45, 2.75) is 13.0 Å². The van der Waals surface area contributed by atoms with Crippen LogP contribution in [0.5, 0.6) is 5.75 Å². The number of hydrogen-bond acceptors (Lipinski definition) is 2. The van der Waals surface area contributed by atoms with Gasteiger partial charge in [0.1, 0.15) is 18.2 Å². The second kappa shape index (κ2) is 6.21. The molecule has 0 aromatic heterocycles. The van der Waals surface area contributed by atoms with E-state index < -0.39 is 5.82 Å². The van der Waals surface area contributed by atoms with E-state index in [0.29, 0.717) is 18.8 Å². The maximum Gasteiger partial charge on any atom is 0.142 e. The lowest BCUT2D eigenvalue weighted by Gasteiger charge is -2.09. The van der Waals surface area contributed by atoms with Crippen molar-refractivity contribution < 1.29 is 9.13 Å². The number of rotatable bonds is 4. The van der Waals surface area contributed by atoms with Crippen LogP contribution in [0.2, 0.25) is 5.02 Å². The molecule has 0 aliphatic heterocycles. The Morgan fingerprint density at radius 1 is 1.16 bits per heavy atom. The predicted octanol–water partition coefficient (Wildman–Crippen LogP) is 4.12. The van der Waals surface area contributed by atoms with E-state index in [0.717, 1.165) is 11.1 Å². The van der Waals surface area contributed by atoms with Crippen LogP contribution in [0.1, 0.15) is 11.1 Å². The Balaban J connectivity index is 2.10. The molecule has 96 valence electrons. The molecular formula is C15H11ClFNO. The largest absolute Gasteiger partial charge is 0.489 e. The van der Waals surface area contributed by atoms with Crippen LogP contribution < -0.4 is 4.74 Å². The van der Waals surface area contributed by atoms with Crippen LogP contribution in [0.15, 0.2) is 42.5 Å². The minimum absolute atomic E-state index is 0.0304. The summed E-state index contributed by atoms with van der Waals surface area (Å²) in [6.45, 7) is 0.319. The Morgan fingerprint density at radius 3 is 2.58 bits per heavy atom. The molecule has 0 N–H and O–H groups in total. The van der Waals surface area contributed by atoms with Crippen molar-refractivity contribution in [3.63, 3.8) is 0 Å². The number of nitriles is 1. The van der Waals surface area contributed by atoms with E-state index >= 15 is 0 Å². The van der Waals surface area contributed by atoms with Crippen molar-refractivity contribution in [3.8, 4) is 11.8 Å². The molecule has 0 aliphatic rings. The van der Waals surface area contributed by atoms with Gasteiger partial charge >= 0.3 is 0 Å². The van der Waals surface area contributed by atoms with Gasteiger partial charge in [0.2, 0.25) is 0 Å². The van der Waals surface area contributed by atoms with Crippen LogP contribution in [-0.4, -0.2) is 0 Å². The van der Waals surface area contributed by atoms with Gasteiger partial charge in [0, 0.05) is 6.07 Å². The molecule has 0 fully saturated rings. The normalized spacial score (nSPS) is 9.95. The van der Waals surface area contributed by atoms with E-state index in [2.05, 4.69) is 6.07 Å². The summed E-state index contributed by atoms with van der Waals surface area (Å²) in [4.78, 5) is 0. The van der Waals surface area contributed by atoms with Crippen LogP contribution in [0.3, 0.4) is 0 Å².